The van der Waals surface area contributed by atoms with E-state index < -0.39 is 15.9 Å². The van der Waals surface area contributed by atoms with Crippen LogP contribution in [-0.2, 0) is 10.0 Å². The number of anilines is 2. The van der Waals surface area contributed by atoms with Crippen LogP contribution in [0.2, 0.25) is 0 Å². The molecule has 1 amide bonds. The van der Waals surface area contributed by atoms with Crippen molar-refractivity contribution in [1.82, 2.24) is 5.16 Å². The number of sulfonamides is 1. The molecular formula is C17H17N3O5S2. The van der Waals surface area contributed by atoms with E-state index in [-0.39, 0.29) is 15.6 Å². The van der Waals surface area contributed by atoms with Crippen molar-refractivity contribution in [2.24, 2.45) is 0 Å². The van der Waals surface area contributed by atoms with E-state index in [0.717, 1.165) is 11.3 Å². The molecular weight excluding hydrogens is 390 g/mol. The van der Waals surface area contributed by atoms with E-state index in [1.165, 1.54) is 13.2 Å². The Morgan fingerprint density at radius 1 is 1.19 bits per heavy atom. The Labute approximate surface area is 160 Å². The van der Waals surface area contributed by atoms with E-state index in [9.17, 15) is 13.2 Å². The van der Waals surface area contributed by atoms with E-state index in [4.69, 9.17) is 9.26 Å². The van der Waals surface area contributed by atoms with Gasteiger partial charge in [0, 0.05) is 16.6 Å². The molecule has 3 aromatic rings. The van der Waals surface area contributed by atoms with E-state index in [2.05, 4.69) is 15.2 Å². The molecule has 0 saturated carbocycles. The smallest absolute Gasteiger partial charge is 0.267 e. The average molecular weight is 407 g/mol. The average Bonchev–Trinajstić information content (AvgIpc) is 3.21. The molecule has 0 aliphatic carbocycles. The first-order valence-corrected chi connectivity index (χ1v) is 10.1. The van der Waals surface area contributed by atoms with Crippen molar-refractivity contribution in [2.75, 3.05) is 17.1 Å². The third-order valence-corrected chi connectivity index (χ3v) is 6.28. The van der Waals surface area contributed by atoms with Gasteiger partial charge < -0.3 is 14.6 Å². The largest absolute Gasteiger partial charge is 0.497 e. The molecule has 0 radical (unpaired) electrons. The predicted octanol–water partition coefficient (Wildman–Crippen LogP) is 3.41. The number of nitrogens with one attached hydrogen (secondary N) is 2. The molecule has 0 aliphatic rings. The second kappa shape index (κ2) is 7.41. The summed E-state index contributed by atoms with van der Waals surface area (Å²) in [6.07, 6.45) is 0. The number of hydrogen-bond donors (Lipinski definition) is 2. The maximum Gasteiger partial charge on any atom is 0.267 e. The Kier molecular flexibility index (Phi) is 5.19. The van der Waals surface area contributed by atoms with E-state index in [1.54, 1.807) is 44.2 Å². The van der Waals surface area contributed by atoms with Crippen LogP contribution in [0.5, 0.6) is 5.75 Å². The molecule has 0 bridgehead atoms. The number of aryl methyl sites for hydroxylation is 2. The van der Waals surface area contributed by atoms with Gasteiger partial charge >= 0.3 is 0 Å². The SMILES string of the molecule is COc1ccc(NS(=O)(=O)c2cc(C(=O)Nc3cc(C)on3)sc2C)cc1. The molecule has 0 atom stereocenters. The van der Waals surface area contributed by atoms with Crippen LogP contribution in [0.25, 0.3) is 0 Å². The van der Waals surface area contributed by atoms with Crippen LogP contribution in [0.4, 0.5) is 11.5 Å². The maximum atomic E-state index is 12.7. The van der Waals surface area contributed by atoms with Crippen molar-refractivity contribution < 1.29 is 22.5 Å². The lowest BCUT2D eigenvalue weighted by molar-refractivity contribution is 0.102. The molecule has 0 aliphatic heterocycles. The molecule has 1 aromatic carbocycles. The van der Waals surface area contributed by atoms with Gasteiger partial charge in [0.25, 0.3) is 15.9 Å². The van der Waals surface area contributed by atoms with Gasteiger partial charge in [0.2, 0.25) is 0 Å². The number of ether oxygens (including phenoxy) is 1. The topological polar surface area (TPSA) is 111 Å². The van der Waals surface area contributed by atoms with Gasteiger partial charge in [0.1, 0.15) is 16.4 Å². The van der Waals surface area contributed by atoms with Gasteiger partial charge in [-0.2, -0.15) is 0 Å². The number of thiophene rings is 1. The number of nitrogens with zero attached hydrogens (tertiary/aromatic N) is 1. The summed E-state index contributed by atoms with van der Waals surface area (Å²) in [6.45, 7) is 3.34. The highest BCUT2D eigenvalue weighted by Crippen LogP contribution is 2.28. The summed E-state index contributed by atoms with van der Waals surface area (Å²) < 4.78 is 37.8. The second-order valence-corrected chi connectivity index (χ2v) is 8.55. The number of carbonyl (C=O) groups excluding carboxylic acids is 1. The minimum absolute atomic E-state index is 0.0461. The van der Waals surface area contributed by atoms with Crippen molar-refractivity contribution in [3.63, 3.8) is 0 Å². The summed E-state index contributed by atoms with van der Waals surface area (Å²) in [5.74, 6) is 0.984. The second-order valence-electron chi connectivity index (χ2n) is 5.64. The van der Waals surface area contributed by atoms with Crippen molar-refractivity contribution in [3.05, 3.63) is 51.9 Å². The third-order valence-electron chi connectivity index (χ3n) is 3.60. The van der Waals surface area contributed by atoms with Crippen molar-refractivity contribution in [2.45, 2.75) is 18.7 Å². The monoisotopic (exact) mass is 407 g/mol. The van der Waals surface area contributed by atoms with Gasteiger partial charge in [-0.05, 0) is 44.2 Å². The van der Waals surface area contributed by atoms with E-state index >= 15 is 0 Å². The first kappa shape index (κ1) is 18.9. The molecule has 8 nitrogen and oxygen atoms in total. The summed E-state index contributed by atoms with van der Waals surface area (Å²) in [4.78, 5) is 13.1. The lowest BCUT2D eigenvalue weighted by Gasteiger charge is -2.08. The molecule has 3 rings (SSSR count). The number of hydrogen-bond acceptors (Lipinski definition) is 7. The first-order chi connectivity index (χ1) is 12.8. The van der Waals surface area contributed by atoms with E-state index in [1.807, 2.05) is 0 Å². The zero-order chi connectivity index (χ0) is 19.6. The number of amides is 1. The fourth-order valence-corrected chi connectivity index (χ4v) is 4.86. The molecule has 10 heteroatoms. The quantitative estimate of drug-likeness (QED) is 0.648. The number of rotatable bonds is 6. The minimum Gasteiger partial charge on any atom is -0.497 e. The fraction of sp³-hybridized carbons (Fsp3) is 0.176. The summed E-state index contributed by atoms with van der Waals surface area (Å²) in [6, 6.07) is 9.40. The van der Waals surface area contributed by atoms with Crippen LogP contribution in [0.1, 0.15) is 20.3 Å². The summed E-state index contributed by atoms with van der Waals surface area (Å²) in [7, 11) is -2.31. The normalized spacial score (nSPS) is 11.2. The number of carbonyl (C=O) groups is 1. The Morgan fingerprint density at radius 3 is 2.48 bits per heavy atom. The predicted molar refractivity (Wildman–Crippen MR) is 102 cm³/mol. The number of aromatic nitrogens is 1. The summed E-state index contributed by atoms with van der Waals surface area (Å²) in [5.41, 5.74) is 0.394. The highest BCUT2D eigenvalue weighted by atomic mass is 32.2. The molecule has 2 aromatic heterocycles. The van der Waals surface area contributed by atoms with Gasteiger partial charge in [-0.3, -0.25) is 9.52 Å². The number of methoxy groups -OCH3 is 1. The van der Waals surface area contributed by atoms with Crippen LogP contribution >= 0.6 is 11.3 Å². The third kappa shape index (κ3) is 4.29. The summed E-state index contributed by atoms with van der Waals surface area (Å²) >= 11 is 1.08. The Bertz CT molecular complexity index is 1070. The highest BCUT2D eigenvalue weighted by Gasteiger charge is 2.23. The molecule has 0 spiro atoms. The van der Waals surface area contributed by atoms with Gasteiger partial charge in [-0.1, -0.05) is 5.16 Å². The highest BCUT2D eigenvalue weighted by molar-refractivity contribution is 7.93. The lowest BCUT2D eigenvalue weighted by atomic mass is 10.3. The first-order valence-electron chi connectivity index (χ1n) is 7.80. The fourth-order valence-electron chi connectivity index (χ4n) is 2.32. The molecule has 142 valence electrons. The number of benzene rings is 1. The van der Waals surface area contributed by atoms with Crippen LogP contribution in [0.15, 0.2) is 45.8 Å². The zero-order valence-corrected chi connectivity index (χ0v) is 16.4. The van der Waals surface area contributed by atoms with Crippen LogP contribution in [0, 0.1) is 13.8 Å². The minimum atomic E-state index is -3.84. The Balaban J connectivity index is 1.80. The van der Waals surface area contributed by atoms with Crippen LogP contribution < -0.4 is 14.8 Å². The maximum absolute atomic E-state index is 12.7. The zero-order valence-electron chi connectivity index (χ0n) is 14.8. The van der Waals surface area contributed by atoms with Gasteiger partial charge in [-0.15, -0.1) is 11.3 Å². The van der Waals surface area contributed by atoms with Gasteiger partial charge in [0.05, 0.1) is 12.0 Å². The molecule has 2 N–H and O–H groups in total. The van der Waals surface area contributed by atoms with Crippen LogP contribution in [-0.4, -0.2) is 26.6 Å². The standard InChI is InChI=1S/C17H17N3O5S2/c1-10-8-16(19-25-10)18-17(21)14-9-15(11(2)26-14)27(22,23)20-12-4-6-13(24-3)7-5-12/h4-9,20H,1-3H3,(H,18,19,21). The van der Waals surface area contributed by atoms with Crippen molar-refractivity contribution >= 4 is 38.8 Å². The molecule has 0 unspecified atom stereocenters. The molecule has 0 fully saturated rings. The van der Waals surface area contributed by atoms with Crippen LogP contribution in [0.3, 0.4) is 0 Å². The molecule has 0 saturated heterocycles. The Morgan fingerprint density at radius 2 is 1.89 bits per heavy atom. The van der Waals surface area contributed by atoms with Crippen molar-refractivity contribution in [3.8, 4) is 5.75 Å². The van der Waals surface area contributed by atoms with Gasteiger partial charge in [0.15, 0.2) is 5.82 Å². The molecule has 2 heterocycles. The van der Waals surface area contributed by atoms with Crippen molar-refractivity contribution in [1.29, 1.82) is 0 Å². The van der Waals surface area contributed by atoms with Gasteiger partial charge in [-0.25, -0.2) is 8.42 Å². The summed E-state index contributed by atoms with van der Waals surface area (Å²) in [5, 5.41) is 6.26. The Hall–Kier alpha value is -2.85. The lowest BCUT2D eigenvalue weighted by Crippen LogP contribution is -2.13. The molecule has 27 heavy (non-hydrogen) atoms. The van der Waals surface area contributed by atoms with E-state index in [0.29, 0.717) is 22.1 Å².